The van der Waals surface area contributed by atoms with E-state index in [0.29, 0.717) is 5.56 Å². The van der Waals surface area contributed by atoms with Crippen molar-refractivity contribution in [2.75, 3.05) is 0 Å². The Morgan fingerprint density at radius 1 is 1.04 bits per heavy atom. The summed E-state index contributed by atoms with van der Waals surface area (Å²) in [5, 5.41) is 3.71. The van der Waals surface area contributed by atoms with Gasteiger partial charge in [-0.15, -0.1) is 0 Å². The normalized spacial score (nSPS) is 11.6. The topological polar surface area (TPSA) is 44.9 Å². The van der Waals surface area contributed by atoms with Crippen molar-refractivity contribution in [3.05, 3.63) is 71.4 Å². The Bertz CT molecular complexity index is 851. The molecule has 124 valence electrons. The fraction of sp³-hybridized carbons (Fsp3) is 0.167. The van der Waals surface area contributed by atoms with Crippen molar-refractivity contribution in [2.45, 2.75) is 19.1 Å². The number of alkyl halides is 3. The first-order valence-corrected chi connectivity index (χ1v) is 7.41. The quantitative estimate of drug-likeness (QED) is 0.744. The van der Waals surface area contributed by atoms with Crippen LogP contribution >= 0.6 is 0 Å². The first-order valence-electron chi connectivity index (χ1n) is 7.41. The highest BCUT2D eigenvalue weighted by Gasteiger charge is 2.29. The van der Waals surface area contributed by atoms with E-state index in [9.17, 15) is 18.0 Å². The largest absolute Gasteiger partial charge is 0.416 e. The minimum atomic E-state index is -4.35. The third kappa shape index (κ3) is 3.59. The lowest BCUT2D eigenvalue weighted by Crippen LogP contribution is -2.24. The van der Waals surface area contributed by atoms with E-state index < -0.39 is 11.7 Å². The number of benzene rings is 2. The average Bonchev–Trinajstić information content (AvgIpc) is 2.96. The minimum absolute atomic E-state index is 0.181. The maximum atomic E-state index is 12.5. The summed E-state index contributed by atoms with van der Waals surface area (Å²) in [4.78, 5) is 15.1. The van der Waals surface area contributed by atoms with Gasteiger partial charge in [0.1, 0.15) is 0 Å². The van der Waals surface area contributed by atoms with Gasteiger partial charge in [0, 0.05) is 23.6 Å². The molecule has 0 bridgehead atoms. The van der Waals surface area contributed by atoms with Gasteiger partial charge in [0.15, 0.2) is 0 Å². The van der Waals surface area contributed by atoms with Crippen LogP contribution < -0.4 is 5.32 Å². The van der Waals surface area contributed by atoms with Gasteiger partial charge in [-0.1, -0.05) is 30.3 Å². The molecule has 0 aliphatic carbocycles. The Balaban J connectivity index is 1.59. The number of para-hydroxylation sites is 1. The van der Waals surface area contributed by atoms with Crippen LogP contribution in [-0.4, -0.2) is 10.9 Å². The van der Waals surface area contributed by atoms with Gasteiger partial charge >= 0.3 is 6.18 Å². The van der Waals surface area contributed by atoms with Crippen LogP contribution in [-0.2, 0) is 23.9 Å². The molecule has 0 aliphatic heterocycles. The first kappa shape index (κ1) is 16.1. The summed E-state index contributed by atoms with van der Waals surface area (Å²) >= 11 is 0. The number of halogens is 3. The lowest BCUT2D eigenvalue weighted by molar-refractivity contribution is -0.137. The highest BCUT2D eigenvalue weighted by atomic mass is 19.4. The van der Waals surface area contributed by atoms with Crippen LogP contribution in [0.5, 0.6) is 0 Å². The molecule has 0 unspecified atom stereocenters. The summed E-state index contributed by atoms with van der Waals surface area (Å²) in [6, 6.07) is 12.4. The molecule has 2 aromatic carbocycles. The molecule has 0 atom stereocenters. The van der Waals surface area contributed by atoms with Gasteiger partial charge in [-0.2, -0.15) is 13.2 Å². The zero-order valence-corrected chi connectivity index (χ0v) is 12.7. The summed E-state index contributed by atoms with van der Waals surface area (Å²) in [6.45, 7) is 0.194. The molecule has 3 aromatic rings. The van der Waals surface area contributed by atoms with Crippen molar-refractivity contribution in [1.82, 2.24) is 10.3 Å². The number of aromatic nitrogens is 1. The molecule has 24 heavy (non-hydrogen) atoms. The number of carbonyl (C=O) groups is 1. The standard InChI is InChI=1S/C18H15F3N2O/c19-18(20,21)14-7-5-12(6-8-14)10-23-17(24)9-13-11-22-16-4-2-1-3-15(13)16/h1-8,11,22H,9-10H2,(H,23,24). The molecule has 0 fully saturated rings. The molecule has 1 aromatic heterocycles. The van der Waals surface area contributed by atoms with Gasteiger partial charge in [0.25, 0.3) is 0 Å². The van der Waals surface area contributed by atoms with Crippen LogP contribution in [0.2, 0.25) is 0 Å². The smallest absolute Gasteiger partial charge is 0.361 e. The number of hydrogen-bond donors (Lipinski definition) is 2. The fourth-order valence-corrected chi connectivity index (χ4v) is 2.53. The van der Waals surface area contributed by atoms with Crippen molar-refractivity contribution in [3.8, 4) is 0 Å². The van der Waals surface area contributed by atoms with Crippen LogP contribution in [0.4, 0.5) is 13.2 Å². The highest BCUT2D eigenvalue weighted by molar-refractivity contribution is 5.88. The van der Waals surface area contributed by atoms with E-state index in [0.717, 1.165) is 28.6 Å². The average molecular weight is 332 g/mol. The summed E-state index contributed by atoms with van der Waals surface area (Å²) in [6.07, 6.45) is -2.34. The third-order valence-electron chi connectivity index (χ3n) is 3.80. The van der Waals surface area contributed by atoms with Gasteiger partial charge in [-0.05, 0) is 29.3 Å². The van der Waals surface area contributed by atoms with Gasteiger partial charge in [-0.3, -0.25) is 4.79 Å². The van der Waals surface area contributed by atoms with Crippen LogP contribution in [0.3, 0.4) is 0 Å². The second kappa shape index (κ2) is 6.39. The van der Waals surface area contributed by atoms with Crippen molar-refractivity contribution in [3.63, 3.8) is 0 Å². The maximum absolute atomic E-state index is 12.5. The van der Waals surface area contributed by atoms with E-state index in [1.807, 2.05) is 24.3 Å². The number of fused-ring (bicyclic) bond motifs is 1. The Hall–Kier alpha value is -2.76. The number of aromatic amines is 1. The molecular formula is C18H15F3N2O. The van der Waals surface area contributed by atoms with Gasteiger partial charge in [0.05, 0.1) is 12.0 Å². The SMILES string of the molecule is O=C(Cc1c[nH]c2ccccc12)NCc1ccc(C(F)(F)F)cc1. The summed E-state index contributed by atoms with van der Waals surface area (Å²) in [5.74, 6) is -0.181. The van der Waals surface area contributed by atoms with E-state index >= 15 is 0 Å². The molecule has 1 heterocycles. The molecule has 3 nitrogen and oxygen atoms in total. The predicted molar refractivity (Wildman–Crippen MR) is 85.3 cm³/mol. The Morgan fingerprint density at radius 2 is 1.75 bits per heavy atom. The molecule has 0 aliphatic rings. The zero-order chi connectivity index (χ0) is 17.2. The number of H-pyrrole nitrogens is 1. The monoisotopic (exact) mass is 332 g/mol. The first-order chi connectivity index (χ1) is 11.4. The molecule has 0 spiro atoms. The molecule has 0 saturated heterocycles. The van der Waals surface area contributed by atoms with Crippen molar-refractivity contribution >= 4 is 16.8 Å². The van der Waals surface area contributed by atoms with E-state index in [1.165, 1.54) is 12.1 Å². The number of rotatable bonds is 4. The van der Waals surface area contributed by atoms with Gasteiger partial charge in [-0.25, -0.2) is 0 Å². The van der Waals surface area contributed by atoms with Crippen LogP contribution in [0, 0.1) is 0 Å². The molecule has 0 radical (unpaired) electrons. The second-order valence-electron chi connectivity index (χ2n) is 5.51. The van der Waals surface area contributed by atoms with E-state index in [1.54, 1.807) is 6.20 Å². The van der Waals surface area contributed by atoms with Crippen LogP contribution in [0.1, 0.15) is 16.7 Å². The maximum Gasteiger partial charge on any atom is 0.416 e. The van der Waals surface area contributed by atoms with Crippen molar-refractivity contribution < 1.29 is 18.0 Å². The van der Waals surface area contributed by atoms with E-state index in [4.69, 9.17) is 0 Å². The van der Waals surface area contributed by atoms with Crippen molar-refractivity contribution in [2.24, 2.45) is 0 Å². The predicted octanol–water partition coefficient (Wildman–Crippen LogP) is 4.05. The Morgan fingerprint density at radius 3 is 2.46 bits per heavy atom. The van der Waals surface area contributed by atoms with E-state index in [-0.39, 0.29) is 18.9 Å². The number of hydrogen-bond acceptors (Lipinski definition) is 1. The summed E-state index contributed by atoms with van der Waals surface area (Å²) in [5.41, 5.74) is 1.77. The molecule has 1 amide bonds. The summed E-state index contributed by atoms with van der Waals surface area (Å²) in [7, 11) is 0. The van der Waals surface area contributed by atoms with Crippen LogP contribution in [0.25, 0.3) is 10.9 Å². The van der Waals surface area contributed by atoms with Gasteiger partial charge < -0.3 is 10.3 Å². The Labute approximate surface area is 136 Å². The Kier molecular flexibility index (Phi) is 4.29. The molecular weight excluding hydrogens is 317 g/mol. The second-order valence-corrected chi connectivity index (χ2v) is 5.51. The number of carbonyl (C=O) groups excluding carboxylic acids is 1. The van der Waals surface area contributed by atoms with Crippen LogP contribution in [0.15, 0.2) is 54.7 Å². The van der Waals surface area contributed by atoms with E-state index in [2.05, 4.69) is 10.3 Å². The summed E-state index contributed by atoms with van der Waals surface area (Å²) < 4.78 is 37.5. The van der Waals surface area contributed by atoms with Gasteiger partial charge in [0.2, 0.25) is 5.91 Å². The van der Waals surface area contributed by atoms with Crippen molar-refractivity contribution in [1.29, 1.82) is 0 Å². The molecule has 3 rings (SSSR count). The third-order valence-corrected chi connectivity index (χ3v) is 3.80. The fourth-order valence-electron chi connectivity index (χ4n) is 2.53. The lowest BCUT2D eigenvalue weighted by Gasteiger charge is -2.08. The molecule has 0 saturated carbocycles. The zero-order valence-electron chi connectivity index (χ0n) is 12.7. The lowest BCUT2D eigenvalue weighted by atomic mass is 10.1. The number of amides is 1. The molecule has 6 heteroatoms. The molecule has 2 N–H and O–H groups in total. The highest BCUT2D eigenvalue weighted by Crippen LogP contribution is 2.29. The minimum Gasteiger partial charge on any atom is -0.361 e. The number of nitrogens with one attached hydrogen (secondary N) is 2.